The van der Waals surface area contributed by atoms with Gasteiger partial charge in [-0.3, -0.25) is 4.79 Å². The van der Waals surface area contributed by atoms with Crippen LogP contribution < -0.4 is 16.0 Å². The SMILES string of the molecule is CCCCN(C)c1cc2c(cc1N)CC(=O)N2. The zero-order valence-electron chi connectivity index (χ0n) is 10.4. The molecule has 0 bridgehead atoms. The van der Waals surface area contributed by atoms with Gasteiger partial charge in [0.15, 0.2) is 0 Å². The molecule has 92 valence electrons. The van der Waals surface area contributed by atoms with E-state index in [9.17, 15) is 4.79 Å². The molecule has 0 unspecified atom stereocenters. The van der Waals surface area contributed by atoms with Crippen molar-refractivity contribution >= 4 is 23.0 Å². The van der Waals surface area contributed by atoms with Crippen LogP contribution in [0.4, 0.5) is 17.1 Å². The predicted octanol–water partition coefficient (Wildman–Crippen LogP) is 2.00. The molecule has 1 aliphatic rings. The third-order valence-electron chi connectivity index (χ3n) is 3.14. The van der Waals surface area contributed by atoms with Crippen molar-refractivity contribution in [1.82, 2.24) is 0 Å². The number of nitrogens with two attached hydrogens (primary N) is 1. The summed E-state index contributed by atoms with van der Waals surface area (Å²) in [4.78, 5) is 13.4. The van der Waals surface area contributed by atoms with Crippen molar-refractivity contribution in [2.75, 3.05) is 29.5 Å². The predicted molar refractivity (Wildman–Crippen MR) is 71.4 cm³/mol. The number of nitrogens with zero attached hydrogens (tertiary/aromatic N) is 1. The number of rotatable bonds is 4. The Hall–Kier alpha value is -1.71. The quantitative estimate of drug-likeness (QED) is 0.782. The Labute approximate surface area is 102 Å². The summed E-state index contributed by atoms with van der Waals surface area (Å²) in [6, 6.07) is 3.89. The molecule has 0 radical (unpaired) electrons. The molecule has 1 heterocycles. The molecule has 4 nitrogen and oxygen atoms in total. The Kier molecular flexibility index (Phi) is 3.22. The molecule has 0 aliphatic carbocycles. The van der Waals surface area contributed by atoms with Crippen LogP contribution in [0.2, 0.25) is 0 Å². The lowest BCUT2D eigenvalue weighted by molar-refractivity contribution is -0.115. The van der Waals surface area contributed by atoms with Gasteiger partial charge in [0.25, 0.3) is 0 Å². The number of carbonyl (C=O) groups excluding carboxylic acids is 1. The molecular formula is C13H19N3O. The third kappa shape index (κ3) is 2.35. The number of nitrogens with one attached hydrogen (secondary N) is 1. The Bertz CT molecular complexity index is 443. The molecule has 2 rings (SSSR count). The summed E-state index contributed by atoms with van der Waals surface area (Å²) in [6.45, 7) is 3.15. The highest BCUT2D eigenvalue weighted by atomic mass is 16.1. The van der Waals surface area contributed by atoms with Crippen LogP contribution in [0, 0.1) is 0 Å². The van der Waals surface area contributed by atoms with Gasteiger partial charge in [0.2, 0.25) is 5.91 Å². The number of nitrogen functional groups attached to an aromatic ring is 1. The van der Waals surface area contributed by atoms with Crippen LogP contribution in [-0.4, -0.2) is 19.5 Å². The van der Waals surface area contributed by atoms with E-state index in [2.05, 4.69) is 17.1 Å². The lowest BCUT2D eigenvalue weighted by atomic mass is 10.1. The second kappa shape index (κ2) is 4.65. The van der Waals surface area contributed by atoms with Gasteiger partial charge in [-0.15, -0.1) is 0 Å². The van der Waals surface area contributed by atoms with E-state index < -0.39 is 0 Å². The first-order valence-electron chi connectivity index (χ1n) is 6.05. The summed E-state index contributed by atoms with van der Waals surface area (Å²) >= 11 is 0. The first-order chi connectivity index (χ1) is 8.11. The number of benzene rings is 1. The fourth-order valence-corrected chi connectivity index (χ4v) is 2.13. The number of fused-ring (bicyclic) bond motifs is 1. The van der Waals surface area contributed by atoms with E-state index in [0.29, 0.717) is 6.42 Å². The second-order valence-corrected chi connectivity index (χ2v) is 4.57. The Morgan fingerprint density at radius 2 is 2.24 bits per heavy atom. The van der Waals surface area contributed by atoms with E-state index in [4.69, 9.17) is 5.73 Å². The maximum Gasteiger partial charge on any atom is 0.228 e. The average molecular weight is 233 g/mol. The van der Waals surface area contributed by atoms with Gasteiger partial charge in [0, 0.05) is 19.3 Å². The fraction of sp³-hybridized carbons (Fsp3) is 0.462. The van der Waals surface area contributed by atoms with E-state index in [-0.39, 0.29) is 5.91 Å². The van der Waals surface area contributed by atoms with Gasteiger partial charge >= 0.3 is 0 Å². The molecule has 0 fully saturated rings. The Morgan fingerprint density at radius 3 is 2.94 bits per heavy atom. The number of hydrogen-bond donors (Lipinski definition) is 2. The molecule has 1 amide bonds. The van der Waals surface area contributed by atoms with Crippen LogP contribution >= 0.6 is 0 Å². The Balaban J connectivity index is 2.24. The highest BCUT2D eigenvalue weighted by Crippen LogP contribution is 2.33. The van der Waals surface area contributed by atoms with E-state index in [1.165, 1.54) is 0 Å². The summed E-state index contributed by atoms with van der Waals surface area (Å²) < 4.78 is 0. The maximum atomic E-state index is 11.3. The average Bonchev–Trinajstić information content (AvgIpc) is 2.64. The minimum Gasteiger partial charge on any atom is -0.397 e. The van der Waals surface area contributed by atoms with E-state index in [0.717, 1.165) is 42.0 Å². The minimum atomic E-state index is 0.0489. The van der Waals surface area contributed by atoms with Gasteiger partial charge in [-0.25, -0.2) is 0 Å². The number of carbonyl (C=O) groups is 1. The van der Waals surface area contributed by atoms with Crippen LogP contribution in [-0.2, 0) is 11.2 Å². The van der Waals surface area contributed by atoms with Gasteiger partial charge < -0.3 is 16.0 Å². The monoisotopic (exact) mass is 233 g/mol. The van der Waals surface area contributed by atoms with Crippen molar-refractivity contribution < 1.29 is 4.79 Å². The van der Waals surface area contributed by atoms with Gasteiger partial charge in [0.1, 0.15) is 0 Å². The third-order valence-corrected chi connectivity index (χ3v) is 3.14. The topological polar surface area (TPSA) is 58.4 Å². The van der Waals surface area contributed by atoms with Crippen molar-refractivity contribution in [2.24, 2.45) is 0 Å². The van der Waals surface area contributed by atoms with Gasteiger partial charge in [0.05, 0.1) is 17.8 Å². The van der Waals surface area contributed by atoms with Crippen molar-refractivity contribution in [3.05, 3.63) is 17.7 Å². The zero-order valence-corrected chi connectivity index (χ0v) is 10.4. The Morgan fingerprint density at radius 1 is 1.47 bits per heavy atom. The van der Waals surface area contributed by atoms with E-state index in [1.807, 2.05) is 19.2 Å². The van der Waals surface area contributed by atoms with E-state index >= 15 is 0 Å². The summed E-state index contributed by atoms with van der Waals surface area (Å²) in [7, 11) is 2.03. The molecule has 17 heavy (non-hydrogen) atoms. The molecule has 1 aromatic carbocycles. The van der Waals surface area contributed by atoms with Gasteiger partial charge in [-0.2, -0.15) is 0 Å². The minimum absolute atomic E-state index is 0.0489. The molecule has 0 saturated heterocycles. The number of hydrogen-bond acceptors (Lipinski definition) is 3. The molecule has 4 heteroatoms. The summed E-state index contributed by atoms with van der Waals surface area (Å²) in [5.41, 5.74) is 9.68. The van der Waals surface area contributed by atoms with Crippen molar-refractivity contribution in [3.63, 3.8) is 0 Å². The van der Waals surface area contributed by atoms with Crippen molar-refractivity contribution in [3.8, 4) is 0 Å². The molecule has 3 N–H and O–H groups in total. The van der Waals surface area contributed by atoms with Crippen molar-refractivity contribution in [2.45, 2.75) is 26.2 Å². The molecule has 1 aromatic rings. The van der Waals surface area contributed by atoms with Gasteiger partial charge in [-0.05, 0) is 24.1 Å². The van der Waals surface area contributed by atoms with Crippen LogP contribution in [0.3, 0.4) is 0 Å². The molecule has 0 spiro atoms. The standard InChI is InChI=1S/C13H19N3O/c1-3-4-5-16(2)12-8-11-9(6-10(12)14)7-13(17)15-11/h6,8H,3-5,7,14H2,1-2H3,(H,15,17). The molecule has 0 atom stereocenters. The fourth-order valence-electron chi connectivity index (χ4n) is 2.13. The van der Waals surface area contributed by atoms with Crippen molar-refractivity contribution in [1.29, 1.82) is 0 Å². The van der Waals surface area contributed by atoms with Crippen LogP contribution in [0.25, 0.3) is 0 Å². The maximum absolute atomic E-state index is 11.3. The highest BCUT2D eigenvalue weighted by molar-refractivity contribution is 6.00. The van der Waals surface area contributed by atoms with E-state index in [1.54, 1.807) is 0 Å². The number of anilines is 3. The second-order valence-electron chi connectivity index (χ2n) is 4.57. The largest absolute Gasteiger partial charge is 0.397 e. The van der Waals surface area contributed by atoms with Crippen LogP contribution in [0.5, 0.6) is 0 Å². The molecule has 0 aromatic heterocycles. The summed E-state index contributed by atoms with van der Waals surface area (Å²) in [6.07, 6.45) is 2.74. The first-order valence-corrected chi connectivity index (χ1v) is 6.05. The zero-order chi connectivity index (χ0) is 12.4. The molecule has 1 aliphatic heterocycles. The smallest absolute Gasteiger partial charge is 0.228 e. The van der Waals surface area contributed by atoms with Crippen LogP contribution in [0.15, 0.2) is 12.1 Å². The summed E-state index contributed by atoms with van der Waals surface area (Å²) in [5, 5.41) is 2.85. The lowest BCUT2D eigenvalue weighted by Crippen LogP contribution is -2.19. The number of unbranched alkanes of at least 4 members (excludes halogenated alkanes) is 1. The normalized spacial score (nSPS) is 13.4. The summed E-state index contributed by atoms with van der Waals surface area (Å²) in [5.74, 6) is 0.0489. The highest BCUT2D eigenvalue weighted by Gasteiger charge is 2.20. The first kappa shape index (κ1) is 11.8. The van der Waals surface area contributed by atoms with Crippen LogP contribution in [0.1, 0.15) is 25.3 Å². The number of amides is 1. The van der Waals surface area contributed by atoms with Gasteiger partial charge in [-0.1, -0.05) is 13.3 Å². The molecular weight excluding hydrogens is 214 g/mol. The molecule has 0 saturated carbocycles. The lowest BCUT2D eigenvalue weighted by Gasteiger charge is -2.21.